The summed E-state index contributed by atoms with van der Waals surface area (Å²) in [6.45, 7) is 2.80. The second kappa shape index (κ2) is 11.1. The molecule has 0 bridgehead atoms. The average molecular weight is 471 g/mol. The van der Waals surface area contributed by atoms with Gasteiger partial charge in [0.15, 0.2) is 11.6 Å². The van der Waals surface area contributed by atoms with Gasteiger partial charge in [-0.15, -0.1) is 0 Å². The number of ether oxygens (including phenoxy) is 2. The molecule has 3 nitrogen and oxygen atoms in total. The Bertz CT molecular complexity index is 1110. The van der Waals surface area contributed by atoms with Crippen LogP contribution >= 0.6 is 0 Å². The minimum atomic E-state index is -0.852. The highest BCUT2D eigenvalue weighted by Gasteiger charge is 2.25. The van der Waals surface area contributed by atoms with E-state index in [4.69, 9.17) is 9.47 Å². The van der Waals surface area contributed by atoms with Crippen LogP contribution in [-0.2, 0) is 18.0 Å². The molecule has 0 amide bonds. The summed E-state index contributed by atoms with van der Waals surface area (Å²) in [5.74, 6) is -1.70. The third kappa shape index (κ3) is 5.62. The monoisotopic (exact) mass is 470 g/mol. The second-order valence-corrected chi connectivity index (χ2v) is 8.71. The first kappa shape index (κ1) is 24.3. The zero-order valence-electron chi connectivity index (χ0n) is 19.2. The fourth-order valence-electron chi connectivity index (χ4n) is 4.38. The van der Waals surface area contributed by atoms with Crippen LogP contribution in [0.25, 0.3) is 11.1 Å². The minimum Gasteiger partial charge on any atom is -0.489 e. The van der Waals surface area contributed by atoms with Crippen molar-refractivity contribution in [1.29, 1.82) is 0 Å². The number of hydrogen-bond donors (Lipinski definition) is 1. The van der Waals surface area contributed by atoms with E-state index in [-0.39, 0.29) is 36.6 Å². The van der Waals surface area contributed by atoms with Gasteiger partial charge in [0.2, 0.25) is 0 Å². The Labute approximate surface area is 198 Å². The Morgan fingerprint density at radius 1 is 0.853 bits per heavy atom. The lowest BCUT2D eigenvalue weighted by molar-refractivity contribution is 0.122. The van der Waals surface area contributed by atoms with Gasteiger partial charge in [-0.25, -0.2) is 13.2 Å². The van der Waals surface area contributed by atoms with E-state index >= 15 is 0 Å². The summed E-state index contributed by atoms with van der Waals surface area (Å²) in [5.41, 5.74) is 2.45. The van der Waals surface area contributed by atoms with Crippen molar-refractivity contribution in [2.45, 2.75) is 57.8 Å². The molecule has 0 saturated heterocycles. The molecule has 6 heteroatoms. The molecule has 1 aliphatic rings. The predicted octanol–water partition coefficient (Wildman–Crippen LogP) is 6.90. The molecule has 0 unspecified atom stereocenters. The Balaban J connectivity index is 1.41. The normalized spacial score (nSPS) is 18.1. The van der Waals surface area contributed by atoms with Crippen molar-refractivity contribution < 1.29 is 27.8 Å². The fraction of sp³-hybridized carbons (Fsp3) is 0.357. The van der Waals surface area contributed by atoms with Gasteiger partial charge in [0.1, 0.15) is 18.2 Å². The highest BCUT2D eigenvalue weighted by Crippen LogP contribution is 2.37. The van der Waals surface area contributed by atoms with Crippen molar-refractivity contribution in [3.63, 3.8) is 0 Å². The Morgan fingerprint density at radius 3 is 2.26 bits per heavy atom. The van der Waals surface area contributed by atoms with Crippen LogP contribution < -0.4 is 4.74 Å². The molecule has 0 spiro atoms. The minimum absolute atomic E-state index is 0.0652. The first-order valence-corrected chi connectivity index (χ1v) is 11.7. The van der Waals surface area contributed by atoms with E-state index in [9.17, 15) is 18.3 Å². The topological polar surface area (TPSA) is 38.7 Å². The molecule has 0 atom stereocenters. The Kier molecular flexibility index (Phi) is 7.91. The molecule has 4 rings (SSSR count). The lowest BCUT2D eigenvalue weighted by Gasteiger charge is -2.26. The summed E-state index contributed by atoms with van der Waals surface area (Å²) in [6, 6.07) is 14.9. The van der Waals surface area contributed by atoms with Crippen molar-refractivity contribution in [1.82, 2.24) is 0 Å². The van der Waals surface area contributed by atoms with Crippen molar-refractivity contribution in [2.75, 3.05) is 6.61 Å². The van der Waals surface area contributed by atoms with Gasteiger partial charge >= 0.3 is 0 Å². The average Bonchev–Trinajstić information content (AvgIpc) is 2.85. The molecule has 3 aromatic carbocycles. The molecule has 180 valence electrons. The van der Waals surface area contributed by atoms with Gasteiger partial charge in [-0.2, -0.15) is 0 Å². The van der Waals surface area contributed by atoms with Gasteiger partial charge in [-0.05, 0) is 61.3 Å². The maximum Gasteiger partial charge on any atom is 0.166 e. The number of halogens is 3. The first-order chi connectivity index (χ1) is 16.5. The zero-order chi connectivity index (χ0) is 24.1. The van der Waals surface area contributed by atoms with Gasteiger partial charge in [-0.1, -0.05) is 42.5 Å². The van der Waals surface area contributed by atoms with Crippen LogP contribution in [-0.4, -0.2) is 17.8 Å². The van der Waals surface area contributed by atoms with Crippen LogP contribution in [0.4, 0.5) is 13.2 Å². The number of hydrogen-bond acceptors (Lipinski definition) is 3. The largest absolute Gasteiger partial charge is 0.489 e. The molecular weight excluding hydrogens is 441 g/mol. The lowest BCUT2D eigenvalue weighted by Crippen LogP contribution is -2.18. The predicted molar refractivity (Wildman–Crippen MR) is 125 cm³/mol. The number of aliphatic hydroxyl groups is 1. The van der Waals surface area contributed by atoms with Crippen LogP contribution in [0.3, 0.4) is 0 Å². The highest BCUT2D eigenvalue weighted by atomic mass is 19.2. The van der Waals surface area contributed by atoms with Gasteiger partial charge in [-0.3, -0.25) is 0 Å². The molecule has 34 heavy (non-hydrogen) atoms. The number of benzene rings is 3. The number of aliphatic hydroxyl groups excluding tert-OH is 1. The third-order valence-corrected chi connectivity index (χ3v) is 6.41. The van der Waals surface area contributed by atoms with Crippen LogP contribution in [0.2, 0.25) is 0 Å². The van der Waals surface area contributed by atoms with Crippen LogP contribution in [0.5, 0.6) is 5.75 Å². The van der Waals surface area contributed by atoms with E-state index < -0.39 is 11.6 Å². The van der Waals surface area contributed by atoms with E-state index in [2.05, 4.69) is 0 Å². The molecule has 0 radical (unpaired) electrons. The number of rotatable bonds is 8. The molecule has 0 aromatic heterocycles. The van der Waals surface area contributed by atoms with Gasteiger partial charge in [0.05, 0.1) is 12.7 Å². The molecule has 1 aliphatic carbocycles. The summed E-state index contributed by atoms with van der Waals surface area (Å²) < 4.78 is 54.8. The summed E-state index contributed by atoms with van der Waals surface area (Å²) in [4.78, 5) is 0. The molecular formula is C28H29F3O3. The smallest absolute Gasteiger partial charge is 0.166 e. The molecule has 0 heterocycles. The first-order valence-electron chi connectivity index (χ1n) is 11.7. The molecule has 1 saturated carbocycles. The quantitative estimate of drug-likeness (QED) is 0.389. The fourth-order valence-corrected chi connectivity index (χ4v) is 4.38. The van der Waals surface area contributed by atoms with E-state index in [1.165, 1.54) is 6.07 Å². The van der Waals surface area contributed by atoms with E-state index in [0.29, 0.717) is 54.7 Å². The van der Waals surface area contributed by atoms with E-state index in [0.717, 1.165) is 5.56 Å². The van der Waals surface area contributed by atoms with E-state index in [1.54, 1.807) is 48.5 Å². The van der Waals surface area contributed by atoms with Crippen LogP contribution in [0, 0.1) is 17.5 Å². The maximum atomic E-state index is 14.9. The van der Waals surface area contributed by atoms with Crippen molar-refractivity contribution in [3.8, 4) is 16.9 Å². The van der Waals surface area contributed by atoms with Crippen LogP contribution in [0.1, 0.15) is 55.2 Å². The van der Waals surface area contributed by atoms with Crippen molar-refractivity contribution >= 4 is 0 Å². The van der Waals surface area contributed by atoms with Gasteiger partial charge in [0, 0.05) is 23.8 Å². The summed E-state index contributed by atoms with van der Waals surface area (Å²) in [7, 11) is 0. The Hall–Kier alpha value is -2.83. The highest BCUT2D eigenvalue weighted by molar-refractivity contribution is 5.65. The molecule has 3 aromatic rings. The zero-order valence-corrected chi connectivity index (χ0v) is 19.2. The molecule has 0 aliphatic heterocycles. The lowest BCUT2D eigenvalue weighted by atomic mass is 9.82. The van der Waals surface area contributed by atoms with Crippen molar-refractivity contribution in [3.05, 3.63) is 88.7 Å². The van der Waals surface area contributed by atoms with Gasteiger partial charge in [0.25, 0.3) is 0 Å². The third-order valence-electron chi connectivity index (χ3n) is 6.41. The van der Waals surface area contributed by atoms with Gasteiger partial charge < -0.3 is 14.6 Å². The SMILES string of the molecule is CCOCc1ccc(OCc2ccc(-c3ccc(C4CCC(O)CC4)c(F)c3F)cc2)cc1F. The summed E-state index contributed by atoms with van der Waals surface area (Å²) >= 11 is 0. The van der Waals surface area contributed by atoms with Crippen molar-refractivity contribution in [2.24, 2.45) is 0 Å². The summed E-state index contributed by atoms with van der Waals surface area (Å²) in [6.07, 6.45) is 2.20. The summed E-state index contributed by atoms with van der Waals surface area (Å²) in [5, 5.41) is 9.67. The maximum absolute atomic E-state index is 14.9. The molecule has 1 fully saturated rings. The Morgan fingerprint density at radius 2 is 1.59 bits per heavy atom. The standard InChI is InChI=1S/C28H29F3O3/c1-2-33-17-21-9-12-23(15-26(21)29)34-16-18-3-5-19(6-4-18)24-13-14-25(28(31)27(24)30)20-7-10-22(32)11-8-20/h3-6,9,12-15,20,22,32H,2,7-8,10-11,16-17H2,1H3. The van der Waals surface area contributed by atoms with Crippen LogP contribution in [0.15, 0.2) is 54.6 Å². The second-order valence-electron chi connectivity index (χ2n) is 8.71. The molecule has 1 N–H and O–H groups in total. The van der Waals surface area contributed by atoms with E-state index in [1.807, 2.05) is 6.92 Å².